The first-order valence-electron chi connectivity index (χ1n) is 10.4. The molecule has 0 saturated heterocycles. The number of nitrogens with one attached hydrogen (secondary N) is 1. The van der Waals surface area contributed by atoms with Crippen molar-refractivity contribution in [3.63, 3.8) is 0 Å². The third-order valence-corrected chi connectivity index (χ3v) is 5.92. The predicted octanol–water partition coefficient (Wildman–Crippen LogP) is 3.55. The molecule has 2 aromatic rings. The van der Waals surface area contributed by atoms with E-state index in [9.17, 15) is 14.4 Å². The minimum atomic E-state index is -0.602. The molecule has 1 fully saturated rings. The Morgan fingerprint density at radius 3 is 2.24 bits per heavy atom. The molecule has 10 heteroatoms. The van der Waals surface area contributed by atoms with Crippen LogP contribution in [0.3, 0.4) is 0 Å². The van der Waals surface area contributed by atoms with E-state index in [1.165, 1.54) is 32.7 Å². The van der Waals surface area contributed by atoms with Crippen LogP contribution in [0.1, 0.15) is 47.2 Å². The van der Waals surface area contributed by atoms with E-state index < -0.39 is 24.5 Å². The largest absolute Gasteiger partial charge is 0.493 e. The van der Waals surface area contributed by atoms with Crippen LogP contribution in [-0.4, -0.2) is 52.4 Å². The number of carbonyl (C=O) groups excluding carboxylic acids is 3. The fourth-order valence-electron chi connectivity index (χ4n) is 3.34. The van der Waals surface area contributed by atoms with E-state index in [4.69, 9.17) is 23.7 Å². The number of amides is 1. The molecule has 1 aliphatic carbocycles. The number of hydrogen-bond acceptors (Lipinski definition) is 9. The first-order chi connectivity index (χ1) is 15.9. The molecule has 1 heterocycles. The van der Waals surface area contributed by atoms with Gasteiger partial charge in [-0.2, -0.15) is 0 Å². The van der Waals surface area contributed by atoms with Gasteiger partial charge in [-0.15, -0.1) is 11.3 Å². The molecule has 0 aliphatic heterocycles. The maximum atomic E-state index is 12.4. The molecule has 0 radical (unpaired) electrons. The van der Waals surface area contributed by atoms with Gasteiger partial charge in [0.25, 0.3) is 5.91 Å². The van der Waals surface area contributed by atoms with Crippen molar-refractivity contribution in [1.29, 1.82) is 0 Å². The summed E-state index contributed by atoms with van der Waals surface area (Å²) in [6.07, 6.45) is 1.92. The summed E-state index contributed by atoms with van der Waals surface area (Å²) < 4.78 is 26.1. The van der Waals surface area contributed by atoms with E-state index in [0.717, 1.165) is 18.4 Å². The Morgan fingerprint density at radius 2 is 1.70 bits per heavy atom. The van der Waals surface area contributed by atoms with Gasteiger partial charge in [0.15, 0.2) is 18.1 Å². The number of anilines is 1. The fraction of sp³-hybridized carbons (Fsp3) is 0.435. The van der Waals surface area contributed by atoms with Gasteiger partial charge >= 0.3 is 11.9 Å². The topological polar surface area (TPSA) is 109 Å². The molecular weight excluding hydrogens is 450 g/mol. The number of esters is 2. The highest BCUT2D eigenvalue weighted by molar-refractivity contribution is 7.15. The molecule has 0 unspecified atom stereocenters. The van der Waals surface area contributed by atoms with Gasteiger partial charge < -0.3 is 29.0 Å². The Morgan fingerprint density at radius 1 is 1.03 bits per heavy atom. The van der Waals surface area contributed by atoms with Crippen molar-refractivity contribution >= 4 is 34.2 Å². The summed E-state index contributed by atoms with van der Waals surface area (Å²) in [4.78, 5) is 37.1. The van der Waals surface area contributed by atoms with E-state index >= 15 is 0 Å². The van der Waals surface area contributed by atoms with Crippen molar-refractivity contribution < 1.29 is 38.1 Å². The second kappa shape index (κ2) is 11.0. The molecule has 0 atom stereocenters. The van der Waals surface area contributed by atoms with Crippen LogP contribution >= 0.6 is 11.3 Å². The summed E-state index contributed by atoms with van der Waals surface area (Å²) in [6.45, 7) is 1.49. The first-order valence-corrected chi connectivity index (χ1v) is 11.3. The number of ether oxygens (including phenoxy) is 5. The van der Waals surface area contributed by atoms with Gasteiger partial charge in [0, 0.05) is 0 Å². The molecular formula is C23H27NO8S. The van der Waals surface area contributed by atoms with E-state index in [-0.39, 0.29) is 13.0 Å². The molecule has 0 spiro atoms. The molecule has 1 aliphatic rings. The maximum absolute atomic E-state index is 12.4. The highest BCUT2D eigenvalue weighted by Crippen LogP contribution is 2.46. The second-order valence-electron chi connectivity index (χ2n) is 7.31. The van der Waals surface area contributed by atoms with Crippen molar-refractivity contribution in [1.82, 2.24) is 0 Å². The van der Waals surface area contributed by atoms with Gasteiger partial charge in [0.2, 0.25) is 5.75 Å². The Bertz CT molecular complexity index is 1000. The monoisotopic (exact) mass is 477 g/mol. The number of rotatable bonds is 11. The zero-order valence-corrected chi connectivity index (χ0v) is 19.8. The number of carbonyl (C=O) groups is 3. The average molecular weight is 478 g/mol. The maximum Gasteiger partial charge on any atom is 0.341 e. The van der Waals surface area contributed by atoms with Crippen LogP contribution in [-0.2, 0) is 25.5 Å². The molecule has 1 amide bonds. The van der Waals surface area contributed by atoms with Gasteiger partial charge in [-0.05, 0) is 54.3 Å². The number of benzene rings is 1. The normalized spacial score (nSPS) is 12.6. The quantitative estimate of drug-likeness (QED) is 0.490. The minimum absolute atomic E-state index is 0.0943. The molecule has 0 bridgehead atoms. The minimum Gasteiger partial charge on any atom is -0.493 e. The lowest BCUT2D eigenvalue weighted by molar-refractivity contribution is -0.146. The van der Waals surface area contributed by atoms with Crippen molar-refractivity contribution in [2.75, 3.05) is 39.9 Å². The van der Waals surface area contributed by atoms with E-state index in [1.54, 1.807) is 19.1 Å². The molecule has 3 rings (SSSR count). The molecule has 9 nitrogen and oxygen atoms in total. The fourth-order valence-corrected chi connectivity index (χ4v) is 4.38. The molecule has 1 aromatic carbocycles. The lowest BCUT2D eigenvalue weighted by Crippen LogP contribution is -2.22. The zero-order chi connectivity index (χ0) is 24.0. The highest BCUT2D eigenvalue weighted by atomic mass is 32.1. The standard InChI is InChI=1S/C23H27NO8S/c1-5-31-23(27)20-15(14-6-7-14)12-33-22(20)24-18(25)11-32-19(26)10-13-8-16(28-2)21(30-4)17(9-13)29-3/h8-9,12,14H,5-7,10-11H2,1-4H3,(H,24,25). The van der Waals surface area contributed by atoms with Crippen LogP contribution in [0.15, 0.2) is 17.5 Å². The van der Waals surface area contributed by atoms with Crippen LogP contribution in [0.5, 0.6) is 17.2 Å². The Hall–Kier alpha value is -3.27. The van der Waals surface area contributed by atoms with E-state index in [1.807, 2.05) is 5.38 Å². The van der Waals surface area contributed by atoms with Crippen LogP contribution < -0.4 is 19.5 Å². The number of thiophene rings is 1. The van der Waals surface area contributed by atoms with Gasteiger partial charge in [-0.3, -0.25) is 9.59 Å². The summed E-state index contributed by atoms with van der Waals surface area (Å²) in [5, 5.41) is 4.94. The van der Waals surface area contributed by atoms with Crippen molar-refractivity contribution in [3.8, 4) is 17.2 Å². The first kappa shape index (κ1) is 24.4. The van der Waals surface area contributed by atoms with Crippen molar-refractivity contribution in [3.05, 3.63) is 34.2 Å². The molecule has 33 heavy (non-hydrogen) atoms. The highest BCUT2D eigenvalue weighted by Gasteiger charge is 2.32. The third-order valence-electron chi connectivity index (χ3n) is 5.01. The Labute approximate surface area is 195 Å². The summed E-state index contributed by atoms with van der Waals surface area (Å²) in [7, 11) is 4.45. The molecule has 178 valence electrons. The Balaban J connectivity index is 1.61. The smallest absolute Gasteiger partial charge is 0.341 e. The lowest BCUT2D eigenvalue weighted by Gasteiger charge is -2.14. The number of methoxy groups -OCH3 is 3. The number of hydrogen-bond donors (Lipinski definition) is 1. The summed E-state index contributed by atoms with van der Waals surface area (Å²) >= 11 is 1.26. The van der Waals surface area contributed by atoms with Gasteiger partial charge in [0.05, 0.1) is 39.9 Å². The molecule has 1 N–H and O–H groups in total. The van der Waals surface area contributed by atoms with Crippen LogP contribution in [0.25, 0.3) is 0 Å². The lowest BCUT2D eigenvalue weighted by atomic mass is 10.1. The van der Waals surface area contributed by atoms with Crippen molar-refractivity contribution in [2.24, 2.45) is 0 Å². The van der Waals surface area contributed by atoms with Gasteiger partial charge in [-0.1, -0.05) is 0 Å². The van der Waals surface area contributed by atoms with E-state index in [2.05, 4.69) is 5.32 Å². The SMILES string of the molecule is CCOC(=O)c1c(C2CC2)csc1NC(=O)COC(=O)Cc1cc(OC)c(OC)c(OC)c1. The van der Waals surface area contributed by atoms with Gasteiger partial charge in [-0.25, -0.2) is 4.79 Å². The third kappa shape index (κ3) is 5.95. The van der Waals surface area contributed by atoms with E-state index in [0.29, 0.717) is 39.3 Å². The summed E-state index contributed by atoms with van der Waals surface area (Å²) in [6, 6.07) is 3.28. The van der Waals surface area contributed by atoms with Crippen LogP contribution in [0.4, 0.5) is 5.00 Å². The van der Waals surface area contributed by atoms with Crippen molar-refractivity contribution in [2.45, 2.75) is 32.1 Å². The molecule has 1 saturated carbocycles. The van der Waals surface area contributed by atoms with Crippen LogP contribution in [0.2, 0.25) is 0 Å². The predicted molar refractivity (Wildman–Crippen MR) is 122 cm³/mol. The molecule has 1 aromatic heterocycles. The summed E-state index contributed by atoms with van der Waals surface area (Å²) in [5.74, 6) is -0.0487. The Kier molecular flexibility index (Phi) is 8.16. The van der Waals surface area contributed by atoms with Crippen LogP contribution in [0, 0.1) is 0 Å². The second-order valence-corrected chi connectivity index (χ2v) is 8.19. The average Bonchev–Trinajstić information content (AvgIpc) is 3.57. The van der Waals surface area contributed by atoms with Gasteiger partial charge in [0.1, 0.15) is 5.00 Å². The summed E-state index contributed by atoms with van der Waals surface area (Å²) in [5.41, 5.74) is 1.86. The zero-order valence-electron chi connectivity index (χ0n) is 19.0.